The van der Waals surface area contributed by atoms with E-state index in [1.807, 2.05) is 0 Å². The molecule has 32 heavy (non-hydrogen) atoms. The molecule has 2 saturated heterocycles. The van der Waals surface area contributed by atoms with Crippen molar-refractivity contribution in [2.45, 2.75) is 38.5 Å². The van der Waals surface area contributed by atoms with E-state index in [0.29, 0.717) is 26.2 Å². The van der Waals surface area contributed by atoms with Gasteiger partial charge < -0.3 is 15.1 Å². The summed E-state index contributed by atoms with van der Waals surface area (Å²) in [6.45, 7) is 3.82. The maximum absolute atomic E-state index is 13.6. The Balaban J connectivity index is 1.64. The molecule has 174 valence electrons. The van der Waals surface area contributed by atoms with Gasteiger partial charge in [0, 0.05) is 50.0 Å². The highest BCUT2D eigenvalue weighted by molar-refractivity contribution is 5.76. The number of carbonyl (C=O) groups excluding carboxylic acids is 1. The molecule has 2 aliphatic heterocycles. The first-order valence-corrected chi connectivity index (χ1v) is 10.2. The number of rotatable bonds is 5. The summed E-state index contributed by atoms with van der Waals surface area (Å²) in [5.74, 6) is -0.545. The Kier molecular flexibility index (Phi) is 6.01. The molecule has 1 amide bonds. The van der Waals surface area contributed by atoms with Crippen LogP contribution in [0.5, 0.6) is 0 Å². The second kappa shape index (κ2) is 8.60. The lowest BCUT2D eigenvalue weighted by atomic mass is 10.0. The van der Waals surface area contributed by atoms with E-state index in [4.69, 9.17) is 0 Å². The van der Waals surface area contributed by atoms with Crippen LogP contribution in [0.2, 0.25) is 0 Å². The summed E-state index contributed by atoms with van der Waals surface area (Å²) in [6.07, 6.45) is -4.61. The standard InChI is InChI=1S/C19H22F5N7O/c1-11-15(12-8-26-30(9-12)10-14(32)29-6-3-25-4-7-29)27-18(28-16(11)19(22,23)24)31-5-2-13(31)17(20)21/h8-9,13,17,25H,2-7,10H2,1H3/t13-/m1/s1. The normalized spacial score (nSPS) is 19.4. The smallest absolute Gasteiger partial charge is 0.339 e. The van der Waals surface area contributed by atoms with Gasteiger partial charge in [-0.3, -0.25) is 9.48 Å². The van der Waals surface area contributed by atoms with Gasteiger partial charge in [-0.05, 0) is 13.3 Å². The first-order chi connectivity index (χ1) is 15.1. The molecule has 13 heteroatoms. The minimum absolute atomic E-state index is 0.0527. The fourth-order valence-electron chi connectivity index (χ4n) is 3.83. The van der Waals surface area contributed by atoms with Crippen molar-refractivity contribution >= 4 is 11.9 Å². The van der Waals surface area contributed by atoms with Gasteiger partial charge in [0.05, 0.1) is 17.9 Å². The number of halogens is 5. The number of anilines is 1. The molecule has 4 heterocycles. The van der Waals surface area contributed by atoms with Crippen LogP contribution in [-0.4, -0.2) is 75.7 Å². The van der Waals surface area contributed by atoms with Crippen LogP contribution >= 0.6 is 0 Å². The summed E-state index contributed by atoms with van der Waals surface area (Å²) in [4.78, 5) is 22.9. The van der Waals surface area contributed by atoms with Crippen LogP contribution in [0.4, 0.5) is 27.9 Å². The molecule has 1 N–H and O–H groups in total. The van der Waals surface area contributed by atoms with Crippen molar-refractivity contribution in [3.63, 3.8) is 0 Å². The summed E-state index contributed by atoms with van der Waals surface area (Å²) in [5.41, 5.74) is -1.22. The summed E-state index contributed by atoms with van der Waals surface area (Å²) in [6, 6.07) is -1.22. The van der Waals surface area contributed by atoms with E-state index in [-0.39, 0.29) is 48.2 Å². The van der Waals surface area contributed by atoms with Crippen LogP contribution in [-0.2, 0) is 17.5 Å². The summed E-state index contributed by atoms with van der Waals surface area (Å²) in [7, 11) is 0. The van der Waals surface area contributed by atoms with Crippen LogP contribution in [0.1, 0.15) is 17.7 Å². The van der Waals surface area contributed by atoms with E-state index >= 15 is 0 Å². The number of hydrogen-bond donors (Lipinski definition) is 1. The Labute approximate surface area is 180 Å². The zero-order valence-electron chi connectivity index (χ0n) is 17.2. The van der Waals surface area contributed by atoms with Gasteiger partial charge in [0.1, 0.15) is 6.54 Å². The van der Waals surface area contributed by atoms with Crippen molar-refractivity contribution < 1.29 is 26.7 Å². The molecule has 1 atom stereocenters. The van der Waals surface area contributed by atoms with Crippen LogP contribution in [0, 0.1) is 6.92 Å². The number of nitrogens with one attached hydrogen (secondary N) is 1. The van der Waals surface area contributed by atoms with Gasteiger partial charge in [0.2, 0.25) is 11.9 Å². The zero-order valence-corrected chi connectivity index (χ0v) is 17.2. The van der Waals surface area contributed by atoms with Gasteiger partial charge in [0.25, 0.3) is 6.43 Å². The fraction of sp³-hybridized carbons (Fsp3) is 0.579. The van der Waals surface area contributed by atoms with Crippen LogP contribution < -0.4 is 10.2 Å². The van der Waals surface area contributed by atoms with Gasteiger partial charge in [-0.1, -0.05) is 0 Å². The molecule has 0 unspecified atom stereocenters. The number of amides is 1. The molecule has 8 nitrogen and oxygen atoms in total. The Bertz CT molecular complexity index is 987. The van der Waals surface area contributed by atoms with E-state index in [1.54, 1.807) is 4.90 Å². The van der Waals surface area contributed by atoms with Gasteiger partial charge in [-0.2, -0.15) is 18.3 Å². The van der Waals surface area contributed by atoms with Crippen molar-refractivity contribution in [3.8, 4) is 11.3 Å². The third kappa shape index (κ3) is 4.38. The molecule has 0 radical (unpaired) electrons. The average molecular weight is 459 g/mol. The number of hydrogen-bond acceptors (Lipinski definition) is 6. The Hall–Kier alpha value is -2.83. The highest BCUT2D eigenvalue weighted by Crippen LogP contribution is 2.37. The molecule has 0 bridgehead atoms. The van der Waals surface area contributed by atoms with Crippen molar-refractivity contribution in [1.82, 2.24) is 30.0 Å². The van der Waals surface area contributed by atoms with E-state index in [1.165, 1.54) is 24.0 Å². The topological polar surface area (TPSA) is 79.2 Å². The maximum atomic E-state index is 13.6. The van der Waals surface area contributed by atoms with E-state index in [2.05, 4.69) is 20.4 Å². The van der Waals surface area contributed by atoms with Crippen molar-refractivity contribution in [2.75, 3.05) is 37.6 Å². The number of aromatic nitrogens is 4. The number of nitrogens with zero attached hydrogens (tertiary/aromatic N) is 6. The Morgan fingerprint density at radius 1 is 1.22 bits per heavy atom. The Morgan fingerprint density at radius 2 is 1.94 bits per heavy atom. The molecule has 2 aromatic heterocycles. The van der Waals surface area contributed by atoms with Gasteiger partial charge in [-0.15, -0.1) is 0 Å². The van der Waals surface area contributed by atoms with Crippen LogP contribution in [0.3, 0.4) is 0 Å². The lowest BCUT2D eigenvalue weighted by molar-refractivity contribution is -0.141. The van der Waals surface area contributed by atoms with E-state index in [0.717, 1.165) is 4.90 Å². The minimum atomic E-state index is -4.78. The molecule has 4 rings (SSSR count). The number of piperazine rings is 1. The zero-order chi connectivity index (χ0) is 23.0. The van der Waals surface area contributed by atoms with Gasteiger partial charge in [-0.25, -0.2) is 18.7 Å². The molecular formula is C19H22F5N7O. The SMILES string of the molecule is Cc1c(-c2cnn(CC(=O)N3CCNCC3)c2)nc(N2CC[C@@H]2C(F)F)nc1C(F)(F)F. The minimum Gasteiger partial charge on any atom is -0.339 e. The van der Waals surface area contributed by atoms with Crippen molar-refractivity contribution in [3.05, 3.63) is 23.7 Å². The number of carbonyl (C=O) groups is 1. The lowest BCUT2D eigenvalue weighted by Gasteiger charge is -2.40. The summed E-state index contributed by atoms with van der Waals surface area (Å²) < 4.78 is 68.5. The molecule has 0 aliphatic carbocycles. The highest BCUT2D eigenvalue weighted by Gasteiger charge is 2.41. The molecule has 0 saturated carbocycles. The molecule has 2 aliphatic rings. The van der Waals surface area contributed by atoms with E-state index in [9.17, 15) is 26.7 Å². The van der Waals surface area contributed by atoms with Crippen LogP contribution in [0.15, 0.2) is 12.4 Å². The first-order valence-electron chi connectivity index (χ1n) is 10.2. The largest absolute Gasteiger partial charge is 0.433 e. The Morgan fingerprint density at radius 3 is 2.53 bits per heavy atom. The molecular weight excluding hydrogens is 437 g/mol. The first kappa shape index (κ1) is 22.4. The third-order valence-corrected chi connectivity index (χ3v) is 5.69. The molecule has 2 fully saturated rings. The second-order valence-corrected chi connectivity index (χ2v) is 7.78. The fourth-order valence-corrected chi connectivity index (χ4v) is 3.83. The van der Waals surface area contributed by atoms with Gasteiger partial charge in [0.15, 0.2) is 5.69 Å². The highest BCUT2D eigenvalue weighted by atomic mass is 19.4. The molecule has 0 aromatic carbocycles. The lowest BCUT2D eigenvalue weighted by Crippen LogP contribution is -2.53. The van der Waals surface area contributed by atoms with Crippen LogP contribution in [0.25, 0.3) is 11.3 Å². The second-order valence-electron chi connectivity index (χ2n) is 7.78. The quantitative estimate of drug-likeness (QED) is 0.689. The monoisotopic (exact) mass is 459 g/mol. The summed E-state index contributed by atoms with van der Waals surface area (Å²) >= 11 is 0. The van der Waals surface area contributed by atoms with Crippen molar-refractivity contribution in [2.24, 2.45) is 0 Å². The van der Waals surface area contributed by atoms with E-state index < -0.39 is 24.3 Å². The summed E-state index contributed by atoms with van der Waals surface area (Å²) in [5, 5.41) is 7.23. The average Bonchev–Trinajstić information content (AvgIpc) is 3.15. The van der Waals surface area contributed by atoms with Gasteiger partial charge >= 0.3 is 6.18 Å². The predicted octanol–water partition coefficient (Wildman–Crippen LogP) is 1.94. The predicted molar refractivity (Wildman–Crippen MR) is 104 cm³/mol. The molecule has 2 aromatic rings. The number of alkyl halides is 5. The maximum Gasteiger partial charge on any atom is 0.433 e. The van der Waals surface area contributed by atoms with Crippen molar-refractivity contribution in [1.29, 1.82) is 0 Å². The third-order valence-electron chi connectivity index (χ3n) is 5.69. The molecule has 0 spiro atoms.